The van der Waals surface area contributed by atoms with Gasteiger partial charge in [0.05, 0.1) is 12.2 Å². The number of hydrogen-bond acceptors (Lipinski definition) is 5. The highest BCUT2D eigenvalue weighted by Gasteiger charge is 2.40. The molecule has 0 spiro atoms. The highest BCUT2D eigenvalue weighted by molar-refractivity contribution is 5.67. The number of aryl methyl sites for hydroxylation is 4. The van der Waals surface area contributed by atoms with Crippen molar-refractivity contribution in [2.45, 2.75) is 38.5 Å². The van der Waals surface area contributed by atoms with Crippen molar-refractivity contribution < 1.29 is 4.74 Å². The van der Waals surface area contributed by atoms with Gasteiger partial charge in [0, 0.05) is 48.7 Å². The topological polar surface area (TPSA) is 69.9 Å². The van der Waals surface area contributed by atoms with E-state index in [2.05, 4.69) is 22.1 Å². The molecule has 0 amide bonds. The standard InChI is InChI=1S/C23H24N4O2/c1-14-24-12-19(16-8-9-27(2)22(28)11-16)23(25-14)29-13-17-10-18(17)21-7-6-15-4-3-5-20(15)26-21/h6-9,11-12,17-18H,3-5,10,13H2,1-2H3/t17?,18-/m1/s1. The van der Waals surface area contributed by atoms with Crippen molar-refractivity contribution in [2.24, 2.45) is 13.0 Å². The summed E-state index contributed by atoms with van der Waals surface area (Å²) in [7, 11) is 1.73. The molecule has 6 heteroatoms. The van der Waals surface area contributed by atoms with Crippen molar-refractivity contribution in [1.29, 1.82) is 0 Å². The molecule has 6 nitrogen and oxygen atoms in total. The van der Waals surface area contributed by atoms with Crippen molar-refractivity contribution in [3.05, 3.63) is 69.8 Å². The molecule has 0 aliphatic heterocycles. The SMILES string of the molecule is Cc1ncc(-c2ccn(C)c(=O)c2)c(OCC2C[C@H]2c2ccc3c(n2)CCC3)n1. The van der Waals surface area contributed by atoms with Gasteiger partial charge in [-0.05, 0) is 55.9 Å². The number of ether oxygens (including phenoxy) is 1. The number of pyridine rings is 2. The fourth-order valence-electron chi connectivity index (χ4n) is 4.10. The average molecular weight is 388 g/mol. The molecule has 3 heterocycles. The number of hydrogen-bond donors (Lipinski definition) is 0. The second-order valence-corrected chi connectivity index (χ2v) is 8.11. The number of rotatable bonds is 5. The van der Waals surface area contributed by atoms with E-state index in [1.165, 1.54) is 27.9 Å². The molecular formula is C23H24N4O2. The summed E-state index contributed by atoms with van der Waals surface area (Å²) in [6.45, 7) is 2.44. The van der Waals surface area contributed by atoms with Gasteiger partial charge in [-0.15, -0.1) is 0 Å². The third-order valence-corrected chi connectivity index (χ3v) is 5.98. The zero-order valence-corrected chi connectivity index (χ0v) is 16.8. The molecule has 0 aromatic carbocycles. The molecule has 148 valence electrons. The summed E-state index contributed by atoms with van der Waals surface area (Å²) >= 11 is 0. The Bertz CT molecular complexity index is 1140. The third-order valence-electron chi connectivity index (χ3n) is 5.98. The summed E-state index contributed by atoms with van der Waals surface area (Å²) in [4.78, 5) is 25.7. The quantitative estimate of drug-likeness (QED) is 0.671. The first-order chi connectivity index (χ1) is 14.1. The van der Waals surface area contributed by atoms with E-state index in [0.29, 0.717) is 30.1 Å². The van der Waals surface area contributed by atoms with Gasteiger partial charge in [0.2, 0.25) is 5.88 Å². The molecule has 3 aromatic heterocycles. The highest BCUT2D eigenvalue weighted by atomic mass is 16.5. The first-order valence-corrected chi connectivity index (χ1v) is 10.2. The molecule has 2 atom stereocenters. The van der Waals surface area contributed by atoms with Crippen LogP contribution in [0.15, 0.2) is 41.5 Å². The van der Waals surface area contributed by atoms with Gasteiger partial charge in [0.25, 0.3) is 5.56 Å². The van der Waals surface area contributed by atoms with E-state index in [4.69, 9.17) is 9.72 Å². The fraction of sp³-hybridized carbons (Fsp3) is 0.391. The van der Waals surface area contributed by atoms with Crippen LogP contribution in [0.4, 0.5) is 0 Å². The van der Waals surface area contributed by atoms with Crippen LogP contribution in [0.25, 0.3) is 11.1 Å². The summed E-state index contributed by atoms with van der Waals surface area (Å²) in [5.74, 6) is 2.11. The lowest BCUT2D eigenvalue weighted by Gasteiger charge is -2.11. The number of aromatic nitrogens is 4. The van der Waals surface area contributed by atoms with Gasteiger partial charge >= 0.3 is 0 Å². The van der Waals surface area contributed by atoms with Gasteiger partial charge in [-0.1, -0.05) is 6.07 Å². The van der Waals surface area contributed by atoms with Crippen molar-refractivity contribution >= 4 is 0 Å². The van der Waals surface area contributed by atoms with Crippen LogP contribution < -0.4 is 10.3 Å². The molecule has 0 N–H and O–H groups in total. The Morgan fingerprint density at radius 1 is 1.21 bits per heavy atom. The van der Waals surface area contributed by atoms with Crippen LogP contribution >= 0.6 is 0 Å². The third kappa shape index (κ3) is 3.55. The van der Waals surface area contributed by atoms with Gasteiger partial charge in [-0.2, -0.15) is 4.98 Å². The Morgan fingerprint density at radius 3 is 2.97 bits per heavy atom. The number of fused-ring (bicyclic) bond motifs is 1. The van der Waals surface area contributed by atoms with Crippen LogP contribution in [0.3, 0.4) is 0 Å². The lowest BCUT2D eigenvalue weighted by molar-refractivity contribution is 0.285. The molecule has 1 unspecified atom stereocenters. The van der Waals surface area contributed by atoms with Crippen molar-refractivity contribution in [3.63, 3.8) is 0 Å². The maximum Gasteiger partial charge on any atom is 0.250 e. The fourth-order valence-corrected chi connectivity index (χ4v) is 4.10. The molecule has 3 aromatic rings. The predicted molar refractivity (Wildman–Crippen MR) is 110 cm³/mol. The normalized spacial score (nSPS) is 19.8. The average Bonchev–Trinajstić information content (AvgIpc) is 3.34. The minimum absolute atomic E-state index is 0.0704. The van der Waals surface area contributed by atoms with Gasteiger partial charge in [0.15, 0.2) is 0 Å². The first kappa shape index (κ1) is 18.0. The van der Waals surface area contributed by atoms with Crippen molar-refractivity contribution in [3.8, 4) is 17.0 Å². The molecular weight excluding hydrogens is 364 g/mol. The van der Waals surface area contributed by atoms with E-state index in [1.807, 2.05) is 13.0 Å². The molecule has 29 heavy (non-hydrogen) atoms. The summed E-state index contributed by atoms with van der Waals surface area (Å²) < 4.78 is 7.66. The van der Waals surface area contributed by atoms with Crippen LogP contribution in [-0.4, -0.2) is 26.1 Å². The summed E-state index contributed by atoms with van der Waals surface area (Å²) in [6, 6.07) is 7.92. The molecule has 0 radical (unpaired) electrons. The van der Waals surface area contributed by atoms with Crippen LogP contribution in [0.1, 0.15) is 41.5 Å². The number of nitrogens with zero attached hydrogens (tertiary/aromatic N) is 4. The molecule has 0 bridgehead atoms. The van der Waals surface area contributed by atoms with Crippen LogP contribution in [0.2, 0.25) is 0 Å². The summed E-state index contributed by atoms with van der Waals surface area (Å²) in [5, 5.41) is 0. The van der Waals surface area contributed by atoms with Gasteiger partial charge in [-0.3, -0.25) is 9.78 Å². The lowest BCUT2D eigenvalue weighted by atomic mass is 10.1. The molecule has 5 rings (SSSR count). The second-order valence-electron chi connectivity index (χ2n) is 8.11. The van der Waals surface area contributed by atoms with E-state index < -0.39 is 0 Å². The monoisotopic (exact) mass is 388 g/mol. The van der Waals surface area contributed by atoms with E-state index in [0.717, 1.165) is 30.4 Å². The molecule has 1 fully saturated rings. The van der Waals surface area contributed by atoms with E-state index in [-0.39, 0.29) is 5.56 Å². The van der Waals surface area contributed by atoms with Crippen molar-refractivity contribution in [2.75, 3.05) is 6.61 Å². The minimum atomic E-state index is -0.0704. The van der Waals surface area contributed by atoms with Crippen LogP contribution in [0, 0.1) is 12.8 Å². The Morgan fingerprint density at radius 2 is 2.10 bits per heavy atom. The molecule has 2 aliphatic carbocycles. The first-order valence-electron chi connectivity index (χ1n) is 10.2. The smallest absolute Gasteiger partial charge is 0.250 e. The largest absolute Gasteiger partial charge is 0.477 e. The van der Waals surface area contributed by atoms with E-state index in [9.17, 15) is 4.79 Å². The van der Waals surface area contributed by atoms with Gasteiger partial charge in [-0.25, -0.2) is 4.98 Å². The van der Waals surface area contributed by atoms with E-state index >= 15 is 0 Å². The maximum atomic E-state index is 12.0. The van der Waals surface area contributed by atoms with Crippen LogP contribution in [0.5, 0.6) is 5.88 Å². The molecule has 1 saturated carbocycles. The van der Waals surface area contributed by atoms with Gasteiger partial charge in [0.1, 0.15) is 5.82 Å². The Kier molecular flexibility index (Phi) is 4.42. The second kappa shape index (κ2) is 7.10. The Balaban J connectivity index is 1.32. The van der Waals surface area contributed by atoms with Gasteiger partial charge < -0.3 is 9.30 Å². The highest BCUT2D eigenvalue weighted by Crippen LogP contribution is 2.47. The zero-order chi connectivity index (χ0) is 20.0. The lowest BCUT2D eigenvalue weighted by Crippen LogP contribution is -2.14. The molecule has 0 saturated heterocycles. The van der Waals surface area contributed by atoms with Crippen molar-refractivity contribution in [1.82, 2.24) is 19.5 Å². The Labute approximate surface area is 169 Å². The summed E-state index contributed by atoms with van der Waals surface area (Å²) in [5.41, 5.74) is 5.35. The molecule has 2 aliphatic rings. The van der Waals surface area contributed by atoms with Crippen LogP contribution in [-0.2, 0) is 19.9 Å². The maximum absolute atomic E-state index is 12.0. The predicted octanol–water partition coefficient (Wildman–Crippen LogP) is 3.22. The summed E-state index contributed by atoms with van der Waals surface area (Å²) in [6.07, 6.45) is 8.07. The van der Waals surface area contributed by atoms with E-state index in [1.54, 1.807) is 25.5 Å². The zero-order valence-electron chi connectivity index (χ0n) is 16.8. The minimum Gasteiger partial charge on any atom is -0.477 e. The Hall–Kier alpha value is -3.02.